The van der Waals surface area contributed by atoms with Crippen LogP contribution >= 0.6 is 22.6 Å². The van der Waals surface area contributed by atoms with Gasteiger partial charge in [-0.3, -0.25) is 0 Å². The molecule has 0 radical (unpaired) electrons. The predicted octanol–water partition coefficient (Wildman–Crippen LogP) is 4.01. The van der Waals surface area contributed by atoms with Gasteiger partial charge in [-0.1, -0.05) is 6.07 Å². The maximum Gasteiger partial charge on any atom is 0.335 e. The summed E-state index contributed by atoms with van der Waals surface area (Å²) in [4.78, 5) is 10.8. The van der Waals surface area contributed by atoms with E-state index in [1.165, 1.54) is 17.7 Å². The van der Waals surface area contributed by atoms with Gasteiger partial charge >= 0.3 is 5.97 Å². The Kier molecular flexibility index (Phi) is 3.93. The summed E-state index contributed by atoms with van der Waals surface area (Å²) < 4.78 is 6.80. The lowest BCUT2D eigenvalue weighted by Crippen LogP contribution is -1.94. The molecule has 0 fully saturated rings. The Morgan fingerprint density at radius 1 is 1.05 bits per heavy atom. The number of halogens is 1. The summed E-state index contributed by atoms with van der Waals surface area (Å²) in [5.41, 5.74) is 2.95. The van der Waals surface area contributed by atoms with Crippen LogP contribution in [0.4, 0.5) is 0 Å². The molecule has 1 heterocycles. The first-order chi connectivity index (χ1) is 10.5. The molecule has 0 saturated carbocycles. The lowest BCUT2D eigenvalue weighted by atomic mass is 10.1. The van der Waals surface area contributed by atoms with Crippen molar-refractivity contribution in [1.29, 1.82) is 0 Å². The second-order valence-electron chi connectivity index (χ2n) is 4.76. The molecule has 0 aliphatic rings. The fourth-order valence-corrected chi connectivity index (χ4v) is 2.45. The van der Waals surface area contributed by atoms with Crippen molar-refractivity contribution in [3.63, 3.8) is 0 Å². The van der Waals surface area contributed by atoms with Crippen molar-refractivity contribution in [2.24, 2.45) is 0 Å². The summed E-state index contributed by atoms with van der Waals surface area (Å²) in [6.07, 6.45) is 0. The molecule has 1 aromatic heterocycles. The Bertz CT molecular complexity index is 841. The first kappa shape index (κ1) is 14.7. The predicted molar refractivity (Wildman–Crippen MR) is 89.6 cm³/mol. The Balaban J connectivity index is 1.93. The minimum absolute atomic E-state index is 0.219. The monoisotopic (exact) mass is 406 g/mol. The molecule has 6 heteroatoms. The SMILES string of the molecule is Cc1ccc(-c2nnc(-c3ccc(C(=O)O)cc3)o2)cc1I. The van der Waals surface area contributed by atoms with Gasteiger partial charge in [0, 0.05) is 14.7 Å². The molecule has 0 aliphatic heterocycles. The van der Waals surface area contributed by atoms with E-state index in [-0.39, 0.29) is 5.56 Å². The topological polar surface area (TPSA) is 76.2 Å². The third-order valence-electron chi connectivity index (χ3n) is 3.22. The van der Waals surface area contributed by atoms with Crippen molar-refractivity contribution in [2.75, 3.05) is 0 Å². The van der Waals surface area contributed by atoms with Gasteiger partial charge in [-0.15, -0.1) is 10.2 Å². The number of benzene rings is 2. The number of carboxylic acids is 1. The van der Waals surface area contributed by atoms with Gasteiger partial charge in [0.2, 0.25) is 11.8 Å². The average molecular weight is 406 g/mol. The Morgan fingerprint density at radius 2 is 1.64 bits per heavy atom. The molecule has 110 valence electrons. The molecule has 3 aromatic rings. The van der Waals surface area contributed by atoms with Crippen molar-refractivity contribution < 1.29 is 14.3 Å². The minimum Gasteiger partial charge on any atom is -0.478 e. The first-order valence-corrected chi connectivity index (χ1v) is 7.56. The van der Waals surface area contributed by atoms with Crippen LogP contribution in [0, 0.1) is 10.5 Å². The lowest BCUT2D eigenvalue weighted by Gasteiger charge is -2.00. The largest absolute Gasteiger partial charge is 0.478 e. The van der Waals surface area contributed by atoms with Crippen molar-refractivity contribution in [2.45, 2.75) is 6.92 Å². The number of aryl methyl sites for hydroxylation is 1. The Morgan fingerprint density at radius 3 is 2.23 bits per heavy atom. The molecule has 0 spiro atoms. The standard InChI is InChI=1S/C16H11IN2O3/c1-9-2-3-12(8-13(9)17)15-19-18-14(22-15)10-4-6-11(7-5-10)16(20)21/h2-8H,1H3,(H,20,21). The van der Waals surface area contributed by atoms with Crippen LogP contribution in [0.1, 0.15) is 15.9 Å². The van der Waals surface area contributed by atoms with E-state index in [1.807, 2.05) is 25.1 Å². The van der Waals surface area contributed by atoms with Gasteiger partial charge in [0.15, 0.2) is 0 Å². The summed E-state index contributed by atoms with van der Waals surface area (Å²) in [6.45, 7) is 2.04. The van der Waals surface area contributed by atoms with Crippen molar-refractivity contribution >= 4 is 28.6 Å². The third-order valence-corrected chi connectivity index (χ3v) is 4.38. The fourth-order valence-electron chi connectivity index (χ4n) is 1.94. The summed E-state index contributed by atoms with van der Waals surface area (Å²) in [5.74, 6) is -0.162. The minimum atomic E-state index is -0.966. The van der Waals surface area contributed by atoms with Gasteiger partial charge in [0.1, 0.15) is 0 Å². The van der Waals surface area contributed by atoms with E-state index in [0.717, 1.165) is 9.13 Å². The van der Waals surface area contributed by atoms with Crippen molar-refractivity contribution in [3.05, 3.63) is 57.2 Å². The van der Waals surface area contributed by atoms with Crippen LogP contribution < -0.4 is 0 Å². The molecular formula is C16H11IN2O3. The Labute approximate surface area is 140 Å². The van der Waals surface area contributed by atoms with Crippen LogP contribution in [0.15, 0.2) is 46.9 Å². The van der Waals surface area contributed by atoms with Crippen molar-refractivity contribution in [3.8, 4) is 22.9 Å². The molecule has 2 aromatic carbocycles. The van der Waals surface area contributed by atoms with E-state index in [9.17, 15) is 4.79 Å². The number of aromatic nitrogens is 2. The third kappa shape index (κ3) is 2.87. The van der Waals surface area contributed by atoms with Gasteiger partial charge in [-0.05, 0) is 71.5 Å². The quantitative estimate of drug-likeness (QED) is 0.666. The van der Waals surface area contributed by atoms with Crippen LogP contribution in [-0.2, 0) is 0 Å². The molecule has 0 amide bonds. The lowest BCUT2D eigenvalue weighted by molar-refractivity contribution is 0.0697. The molecule has 0 atom stereocenters. The zero-order valence-corrected chi connectivity index (χ0v) is 13.7. The molecule has 0 saturated heterocycles. The van der Waals surface area contributed by atoms with Crippen LogP contribution in [0.25, 0.3) is 22.9 Å². The summed E-state index contributed by atoms with van der Waals surface area (Å²) in [7, 11) is 0. The highest BCUT2D eigenvalue weighted by Crippen LogP contribution is 2.26. The van der Waals surface area contributed by atoms with Crippen LogP contribution in [0.5, 0.6) is 0 Å². The molecule has 5 nitrogen and oxygen atoms in total. The van der Waals surface area contributed by atoms with E-state index < -0.39 is 5.97 Å². The second-order valence-corrected chi connectivity index (χ2v) is 5.92. The highest BCUT2D eigenvalue weighted by molar-refractivity contribution is 14.1. The highest BCUT2D eigenvalue weighted by atomic mass is 127. The number of carboxylic acid groups (broad SMARTS) is 1. The molecule has 0 aliphatic carbocycles. The van der Waals surface area contributed by atoms with Crippen molar-refractivity contribution in [1.82, 2.24) is 10.2 Å². The smallest absolute Gasteiger partial charge is 0.335 e. The van der Waals surface area contributed by atoms with Gasteiger partial charge in [-0.25, -0.2) is 4.79 Å². The zero-order valence-electron chi connectivity index (χ0n) is 11.6. The van der Waals surface area contributed by atoms with E-state index >= 15 is 0 Å². The second kappa shape index (κ2) is 5.88. The highest BCUT2D eigenvalue weighted by Gasteiger charge is 2.12. The van der Waals surface area contributed by atoms with Crippen LogP contribution in [0.3, 0.4) is 0 Å². The number of rotatable bonds is 3. The molecule has 0 unspecified atom stereocenters. The Hall–Kier alpha value is -2.22. The van der Waals surface area contributed by atoms with Gasteiger partial charge in [0.05, 0.1) is 5.56 Å². The van der Waals surface area contributed by atoms with Gasteiger partial charge in [0.25, 0.3) is 0 Å². The number of hydrogen-bond acceptors (Lipinski definition) is 4. The molecule has 0 bridgehead atoms. The number of aromatic carboxylic acids is 1. The molecule has 3 rings (SSSR count). The normalized spacial score (nSPS) is 10.6. The van der Waals surface area contributed by atoms with Gasteiger partial charge in [-0.2, -0.15) is 0 Å². The van der Waals surface area contributed by atoms with E-state index in [0.29, 0.717) is 17.3 Å². The summed E-state index contributed by atoms with van der Waals surface area (Å²) in [6, 6.07) is 12.2. The average Bonchev–Trinajstić information content (AvgIpc) is 3.00. The van der Waals surface area contributed by atoms with Crippen LogP contribution in [0.2, 0.25) is 0 Å². The van der Waals surface area contributed by atoms with Gasteiger partial charge < -0.3 is 9.52 Å². The summed E-state index contributed by atoms with van der Waals surface area (Å²) >= 11 is 2.26. The molecule has 1 N–H and O–H groups in total. The van der Waals surface area contributed by atoms with Crippen LogP contribution in [-0.4, -0.2) is 21.3 Å². The number of carbonyl (C=O) groups is 1. The number of nitrogens with zero attached hydrogens (tertiary/aromatic N) is 2. The first-order valence-electron chi connectivity index (χ1n) is 6.48. The van der Waals surface area contributed by atoms with E-state index in [2.05, 4.69) is 32.8 Å². The number of hydrogen-bond donors (Lipinski definition) is 1. The maximum absolute atomic E-state index is 10.8. The maximum atomic E-state index is 10.8. The zero-order chi connectivity index (χ0) is 15.7. The van der Waals surface area contributed by atoms with E-state index in [4.69, 9.17) is 9.52 Å². The molecule has 22 heavy (non-hydrogen) atoms. The molecular weight excluding hydrogens is 395 g/mol. The fraction of sp³-hybridized carbons (Fsp3) is 0.0625. The van der Waals surface area contributed by atoms with E-state index in [1.54, 1.807) is 12.1 Å². The summed E-state index contributed by atoms with van der Waals surface area (Å²) in [5, 5.41) is 17.0.